The first kappa shape index (κ1) is 18.9. The lowest BCUT2D eigenvalue weighted by molar-refractivity contribution is 0.00578. The van der Waals surface area contributed by atoms with Gasteiger partial charge in [0.05, 0.1) is 16.1 Å². The zero-order chi connectivity index (χ0) is 19.2. The van der Waals surface area contributed by atoms with Crippen LogP contribution in [0.15, 0.2) is 35.5 Å². The molecule has 2 fully saturated rings. The summed E-state index contributed by atoms with van der Waals surface area (Å²) >= 11 is 1.66. The minimum Gasteiger partial charge on any atom is -0.398 e. The SMILES string of the molecule is CC1(C)OB(C(F)=CCc2cn(CC3CC3)nc2-c2cccs2)OC1(C)C. The number of allylic oxidation sites excluding steroid dienone is 1. The summed E-state index contributed by atoms with van der Waals surface area (Å²) in [5.41, 5.74) is 0.523. The fraction of sp³-hybridized carbons (Fsp3) is 0.550. The lowest BCUT2D eigenvalue weighted by Crippen LogP contribution is -2.41. The summed E-state index contributed by atoms with van der Waals surface area (Å²) in [6.45, 7) is 8.66. The second kappa shape index (κ2) is 6.87. The fourth-order valence-electron chi connectivity index (χ4n) is 3.15. The van der Waals surface area contributed by atoms with E-state index in [4.69, 9.17) is 14.4 Å². The van der Waals surface area contributed by atoms with Crippen LogP contribution in [0.5, 0.6) is 0 Å². The van der Waals surface area contributed by atoms with Crippen LogP contribution in [0.3, 0.4) is 0 Å². The van der Waals surface area contributed by atoms with Gasteiger partial charge in [0.2, 0.25) is 0 Å². The van der Waals surface area contributed by atoms with Crippen molar-refractivity contribution in [1.29, 1.82) is 0 Å². The highest BCUT2D eigenvalue weighted by atomic mass is 32.1. The van der Waals surface area contributed by atoms with Crippen molar-refractivity contribution < 1.29 is 13.7 Å². The monoisotopic (exact) mass is 388 g/mol. The summed E-state index contributed by atoms with van der Waals surface area (Å²) in [7, 11) is -0.943. The Balaban J connectivity index is 1.53. The molecule has 0 spiro atoms. The predicted octanol–water partition coefficient (Wildman–Crippen LogP) is 5.05. The molecule has 144 valence electrons. The van der Waals surface area contributed by atoms with Crippen LogP contribution in [0.1, 0.15) is 46.1 Å². The van der Waals surface area contributed by atoms with E-state index in [9.17, 15) is 4.39 Å². The molecule has 0 unspecified atom stereocenters. The van der Waals surface area contributed by atoms with Gasteiger partial charge in [-0.2, -0.15) is 5.10 Å². The lowest BCUT2D eigenvalue weighted by atomic mass is 9.87. The molecule has 1 aliphatic heterocycles. The molecule has 2 aromatic heterocycles. The van der Waals surface area contributed by atoms with Crippen molar-refractivity contribution in [3.05, 3.63) is 41.1 Å². The Morgan fingerprint density at radius 1 is 1.33 bits per heavy atom. The summed E-state index contributed by atoms with van der Waals surface area (Å²) in [6, 6.07) is 4.08. The molecule has 0 atom stereocenters. The maximum atomic E-state index is 14.8. The molecule has 0 radical (unpaired) electrons. The van der Waals surface area contributed by atoms with E-state index in [1.165, 1.54) is 12.8 Å². The van der Waals surface area contributed by atoms with Crippen LogP contribution in [0.4, 0.5) is 4.39 Å². The molecule has 1 saturated heterocycles. The third-order valence-electron chi connectivity index (χ3n) is 5.73. The minimum atomic E-state index is -0.943. The summed E-state index contributed by atoms with van der Waals surface area (Å²) in [5.74, 6) is 0.742. The molecule has 3 heterocycles. The van der Waals surface area contributed by atoms with Gasteiger partial charge in [-0.05, 0) is 64.3 Å². The van der Waals surface area contributed by atoms with Gasteiger partial charge < -0.3 is 9.31 Å². The third kappa shape index (κ3) is 3.91. The molecule has 2 aromatic rings. The summed E-state index contributed by atoms with van der Waals surface area (Å²) in [5, 5.41) is 6.81. The number of halogens is 1. The number of nitrogens with zero attached hydrogens (tertiary/aromatic N) is 2. The van der Waals surface area contributed by atoms with Gasteiger partial charge in [-0.3, -0.25) is 4.68 Å². The topological polar surface area (TPSA) is 36.3 Å². The van der Waals surface area contributed by atoms with Crippen molar-refractivity contribution in [3.63, 3.8) is 0 Å². The predicted molar refractivity (Wildman–Crippen MR) is 107 cm³/mol. The molecule has 1 aliphatic carbocycles. The molecule has 1 saturated carbocycles. The number of hydrogen-bond acceptors (Lipinski definition) is 4. The first-order valence-corrected chi connectivity index (χ1v) is 10.4. The van der Waals surface area contributed by atoms with Gasteiger partial charge in [-0.25, -0.2) is 4.39 Å². The average Bonchev–Trinajstić information content (AvgIpc) is 3.01. The zero-order valence-electron chi connectivity index (χ0n) is 16.4. The van der Waals surface area contributed by atoms with E-state index in [0.29, 0.717) is 6.42 Å². The quantitative estimate of drug-likeness (QED) is 0.650. The van der Waals surface area contributed by atoms with Crippen LogP contribution in [-0.4, -0.2) is 28.1 Å². The van der Waals surface area contributed by atoms with Crippen molar-refractivity contribution in [2.45, 2.75) is 64.7 Å². The van der Waals surface area contributed by atoms with Crippen LogP contribution in [-0.2, 0) is 22.3 Å². The average molecular weight is 388 g/mol. The van der Waals surface area contributed by atoms with E-state index in [-0.39, 0.29) is 5.73 Å². The number of thiophene rings is 1. The van der Waals surface area contributed by atoms with Gasteiger partial charge in [0.1, 0.15) is 11.4 Å². The van der Waals surface area contributed by atoms with E-state index in [1.54, 1.807) is 17.4 Å². The molecule has 27 heavy (non-hydrogen) atoms. The van der Waals surface area contributed by atoms with Crippen LogP contribution in [0.25, 0.3) is 10.6 Å². The van der Waals surface area contributed by atoms with Gasteiger partial charge in [0.25, 0.3) is 0 Å². The van der Waals surface area contributed by atoms with E-state index in [1.807, 2.05) is 43.8 Å². The van der Waals surface area contributed by atoms with Crippen LogP contribution < -0.4 is 0 Å². The second-order valence-electron chi connectivity index (χ2n) is 8.53. The Hall–Kier alpha value is -1.44. The number of aromatic nitrogens is 2. The van der Waals surface area contributed by atoms with Crippen molar-refractivity contribution >= 4 is 18.5 Å². The van der Waals surface area contributed by atoms with E-state index < -0.39 is 18.3 Å². The van der Waals surface area contributed by atoms with Crippen molar-refractivity contribution in [2.24, 2.45) is 5.92 Å². The summed E-state index contributed by atoms with van der Waals surface area (Å²) < 4.78 is 28.4. The Labute approximate surface area is 164 Å². The molecule has 0 bridgehead atoms. The molecule has 2 aliphatic rings. The first-order valence-electron chi connectivity index (χ1n) is 9.56. The van der Waals surface area contributed by atoms with Gasteiger partial charge in [0, 0.05) is 18.3 Å². The highest BCUT2D eigenvalue weighted by Crippen LogP contribution is 2.39. The maximum absolute atomic E-state index is 14.8. The molecule has 0 aromatic carbocycles. The first-order chi connectivity index (χ1) is 12.7. The minimum absolute atomic E-state index is 0.374. The van der Waals surface area contributed by atoms with Gasteiger partial charge in [-0.15, -0.1) is 11.3 Å². The van der Waals surface area contributed by atoms with Crippen LogP contribution >= 0.6 is 11.3 Å². The smallest absolute Gasteiger partial charge is 0.398 e. The maximum Gasteiger partial charge on any atom is 0.524 e. The Morgan fingerprint density at radius 2 is 2.04 bits per heavy atom. The highest BCUT2D eigenvalue weighted by molar-refractivity contribution is 7.13. The van der Waals surface area contributed by atoms with Crippen molar-refractivity contribution in [2.75, 3.05) is 0 Å². The molecule has 0 amide bonds. The van der Waals surface area contributed by atoms with Crippen molar-refractivity contribution in [1.82, 2.24) is 9.78 Å². The van der Waals surface area contributed by atoms with Gasteiger partial charge in [-0.1, -0.05) is 12.1 Å². The molecular formula is C20H26BFN2O2S. The highest BCUT2D eigenvalue weighted by Gasteiger charge is 2.52. The fourth-order valence-corrected chi connectivity index (χ4v) is 3.90. The Morgan fingerprint density at radius 3 is 2.63 bits per heavy atom. The Kier molecular flexibility index (Phi) is 4.81. The molecule has 0 N–H and O–H groups in total. The Bertz CT molecular complexity index is 824. The van der Waals surface area contributed by atoms with Crippen LogP contribution in [0.2, 0.25) is 0 Å². The lowest BCUT2D eigenvalue weighted by Gasteiger charge is -2.32. The van der Waals surface area contributed by atoms with Gasteiger partial charge >= 0.3 is 7.12 Å². The zero-order valence-corrected chi connectivity index (χ0v) is 17.2. The van der Waals surface area contributed by atoms with E-state index in [0.717, 1.165) is 28.6 Å². The van der Waals surface area contributed by atoms with Gasteiger partial charge in [0.15, 0.2) is 0 Å². The third-order valence-corrected chi connectivity index (χ3v) is 6.61. The normalized spacial score (nSPS) is 21.8. The van der Waals surface area contributed by atoms with Crippen LogP contribution in [0, 0.1) is 5.92 Å². The summed E-state index contributed by atoms with van der Waals surface area (Å²) in [6.07, 6.45) is 6.65. The summed E-state index contributed by atoms with van der Waals surface area (Å²) in [4.78, 5) is 1.11. The standard InChI is InChI=1S/C20H26BFN2O2S/c1-19(2)20(3,4)26-21(25-19)17(22)10-9-15-13-24(12-14-7-8-14)23-18(15)16-6-5-11-27-16/h5-6,10-11,13-14H,7-9,12H2,1-4H3. The number of hydrogen-bond donors (Lipinski definition) is 0. The molecule has 7 heteroatoms. The number of rotatable bonds is 6. The van der Waals surface area contributed by atoms with E-state index in [2.05, 4.69) is 12.3 Å². The van der Waals surface area contributed by atoms with Crippen molar-refractivity contribution in [3.8, 4) is 10.6 Å². The molecule has 4 rings (SSSR count). The molecule has 4 nitrogen and oxygen atoms in total. The second-order valence-corrected chi connectivity index (χ2v) is 9.47. The molecular weight excluding hydrogens is 362 g/mol. The van der Waals surface area contributed by atoms with E-state index >= 15 is 0 Å². The largest absolute Gasteiger partial charge is 0.524 e.